The molecule has 5 rings (SSSR count). The van der Waals surface area contributed by atoms with Crippen LogP contribution < -0.4 is 0 Å². The molecule has 0 bridgehead atoms. The minimum absolute atomic E-state index is 0.107. The highest BCUT2D eigenvalue weighted by Crippen LogP contribution is 2.58. The summed E-state index contributed by atoms with van der Waals surface area (Å²) >= 11 is 0. The molecule has 1 saturated heterocycles. The largest absolute Gasteiger partial charge is 0.417 e. The third-order valence-corrected chi connectivity index (χ3v) is 8.06. The Labute approximate surface area is 210 Å². The summed E-state index contributed by atoms with van der Waals surface area (Å²) < 4.78 is 53.2. The van der Waals surface area contributed by atoms with E-state index in [9.17, 15) is 18.4 Å². The summed E-state index contributed by atoms with van der Waals surface area (Å²) in [7, 11) is 0. The zero-order valence-electron chi connectivity index (χ0n) is 21.6. The second kappa shape index (κ2) is 8.56. The van der Waals surface area contributed by atoms with Gasteiger partial charge in [0.2, 0.25) is 0 Å². The number of hydrogen-bond donors (Lipinski definition) is 0. The first-order chi connectivity index (χ1) is 16.9. The Balaban J connectivity index is 1.77. The van der Waals surface area contributed by atoms with Crippen molar-refractivity contribution < 1.29 is 22.6 Å². The Bertz CT molecular complexity index is 1240. The summed E-state index contributed by atoms with van der Waals surface area (Å²) in [5, 5.41) is 9.55. The van der Waals surface area contributed by atoms with Crippen LogP contribution in [-0.2, 0) is 27.7 Å². The zero-order valence-corrected chi connectivity index (χ0v) is 21.6. The number of nitriles is 1. The molecule has 3 heterocycles. The average molecular weight is 499 g/mol. The van der Waals surface area contributed by atoms with Gasteiger partial charge in [-0.2, -0.15) is 18.4 Å². The molecule has 36 heavy (non-hydrogen) atoms. The van der Waals surface area contributed by atoms with Crippen molar-refractivity contribution in [2.24, 2.45) is 5.41 Å². The van der Waals surface area contributed by atoms with Gasteiger partial charge in [-0.1, -0.05) is 40.7 Å². The first-order valence-electron chi connectivity index (χ1n) is 12.8. The first kappa shape index (κ1) is 25.2. The maximum atomic E-state index is 13.5. The number of benzene rings is 1. The number of nitrogens with zero attached hydrogens (tertiary/aromatic N) is 2. The molecule has 192 valence electrons. The third kappa shape index (κ3) is 4.03. The second-order valence-corrected chi connectivity index (χ2v) is 11.8. The van der Waals surface area contributed by atoms with Crippen LogP contribution in [0, 0.1) is 16.7 Å². The Hall–Kier alpha value is -2.43. The van der Waals surface area contributed by atoms with Crippen LogP contribution in [0.15, 0.2) is 18.2 Å². The molecule has 0 N–H and O–H groups in total. The predicted molar refractivity (Wildman–Crippen MR) is 130 cm³/mol. The van der Waals surface area contributed by atoms with Gasteiger partial charge in [-0.25, -0.2) is 0 Å². The van der Waals surface area contributed by atoms with Crippen molar-refractivity contribution in [2.75, 3.05) is 13.2 Å². The van der Waals surface area contributed by atoms with E-state index in [2.05, 4.69) is 34.6 Å². The molecule has 4 nitrogen and oxygen atoms in total. The van der Waals surface area contributed by atoms with Crippen molar-refractivity contribution in [1.29, 1.82) is 5.26 Å². The van der Waals surface area contributed by atoms with E-state index in [0.717, 1.165) is 35.9 Å². The Morgan fingerprint density at radius 1 is 1.14 bits per heavy atom. The van der Waals surface area contributed by atoms with Gasteiger partial charge in [0, 0.05) is 43.0 Å². The minimum Gasteiger partial charge on any atom is -0.381 e. The van der Waals surface area contributed by atoms with Crippen LogP contribution in [0.4, 0.5) is 13.2 Å². The Morgan fingerprint density at radius 3 is 2.44 bits per heavy atom. The molecule has 1 fully saturated rings. The van der Waals surface area contributed by atoms with E-state index in [4.69, 9.17) is 14.5 Å². The fourth-order valence-electron chi connectivity index (χ4n) is 6.71. The van der Waals surface area contributed by atoms with E-state index in [1.165, 1.54) is 23.3 Å². The summed E-state index contributed by atoms with van der Waals surface area (Å²) in [6, 6.07) is 5.58. The molecule has 7 heteroatoms. The van der Waals surface area contributed by atoms with Crippen LogP contribution in [0.1, 0.15) is 117 Å². The fourth-order valence-corrected chi connectivity index (χ4v) is 6.71. The third-order valence-electron chi connectivity index (χ3n) is 8.06. The lowest BCUT2D eigenvalue weighted by Crippen LogP contribution is -2.36. The normalized spacial score (nSPS) is 24.4. The van der Waals surface area contributed by atoms with Crippen LogP contribution >= 0.6 is 0 Å². The number of fused-ring (bicyclic) bond motifs is 4. The van der Waals surface area contributed by atoms with E-state index in [0.29, 0.717) is 31.6 Å². The molecular formula is C29H33F3N2O2. The summed E-state index contributed by atoms with van der Waals surface area (Å²) in [5.41, 5.74) is 4.33. The van der Waals surface area contributed by atoms with E-state index < -0.39 is 23.4 Å². The Kier molecular flexibility index (Phi) is 6.00. The highest BCUT2D eigenvalue weighted by molar-refractivity contribution is 5.56. The van der Waals surface area contributed by atoms with Crippen molar-refractivity contribution in [2.45, 2.75) is 90.0 Å². The smallest absolute Gasteiger partial charge is 0.381 e. The molecule has 1 aliphatic carbocycles. The van der Waals surface area contributed by atoms with Crippen LogP contribution in [0.5, 0.6) is 0 Å². The number of ether oxygens (including phenoxy) is 2. The van der Waals surface area contributed by atoms with Gasteiger partial charge in [0.25, 0.3) is 0 Å². The lowest BCUT2D eigenvalue weighted by molar-refractivity contribution is -0.138. The second-order valence-electron chi connectivity index (χ2n) is 11.8. The molecule has 1 spiro atoms. The van der Waals surface area contributed by atoms with Gasteiger partial charge in [0.1, 0.15) is 6.10 Å². The Morgan fingerprint density at radius 2 is 1.83 bits per heavy atom. The predicted octanol–water partition coefficient (Wildman–Crippen LogP) is 7.30. The summed E-state index contributed by atoms with van der Waals surface area (Å²) in [6.45, 7) is 12.2. The highest BCUT2D eigenvalue weighted by atomic mass is 19.4. The van der Waals surface area contributed by atoms with Crippen molar-refractivity contribution in [1.82, 2.24) is 4.98 Å². The quantitative estimate of drug-likeness (QED) is 0.436. The lowest BCUT2D eigenvalue weighted by Gasteiger charge is -2.41. The van der Waals surface area contributed by atoms with Crippen molar-refractivity contribution in [3.8, 4) is 6.07 Å². The van der Waals surface area contributed by atoms with E-state index in [1.54, 1.807) is 6.07 Å². The van der Waals surface area contributed by atoms with Crippen molar-refractivity contribution in [3.63, 3.8) is 0 Å². The van der Waals surface area contributed by atoms with Gasteiger partial charge >= 0.3 is 6.18 Å². The van der Waals surface area contributed by atoms with E-state index in [1.807, 2.05) is 0 Å². The van der Waals surface area contributed by atoms with Gasteiger partial charge in [-0.05, 0) is 58.9 Å². The lowest BCUT2D eigenvalue weighted by atomic mass is 9.67. The molecule has 3 aliphatic rings. The molecule has 0 amide bonds. The summed E-state index contributed by atoms with van der Waals surface area (Å²) in [6.07, 6.45) is -1.88. The maximum Gasteiger partial charge on any atom is 0.417 e. The molecule has 2 aromatic rings. The number of hydrogen-bond acceptors (Lipinski definition) is 4. The standard InChI is InChI=1S/C29H33F3N2O2/c1-16(2)25-23-24(22-17(3)13-27(4,5)14-21(22)34-25)28(8-10-35-11-9-28)36-26(23)18-6-7-20(29(30,31)32)19(12-18)15-33/h6-7,12,16-17,26H,8-11,13-14H2,1-5H3/t17-,26+/m0/s1. The van der Waals surface area contributed by atoms with Crippen molar-refractivity contribution >= 4 is 0 Å². The van der Waals surface area contributed by atoms with Gasteiger partial charge < -0.3 is 9.47 Å². The number of rotatable bonds is 2. The minimum atomic E-state index is -4.59. The highest BCUT2D eigenvalue weighted by Gasteiger charge is 2.52. The number of pyridine rings is 1. The number of halogens is 3. The van der Waals surface area contributed by atoms with Crippen LogP contribution in [-0.4, -0.2) is 18.2 Å². The SMILES string of the molecule is CC(C)c1nc2c(c3c1[C@@H](c1ccc(C(F)(F)F)c(C#N)c1)OC31CCOCC1)[C@@H](C)CC(C)(C)C2. The summed E-state index contributed by atoms with van der Waals surface area (Å²) in [4.78, 5) is 5.23. The van der Waals surface area contributed by atoms with Crippen molar-refractivity contribution in [3.05, 3.63) is 63.0 Å². The zero-order chi connectivity index (χ0) is 26.0. The molecule has 1 aromatic heterocycles. The molecule has 1 aromatic carbocycles. The van der Waals surface area contributed by atoms with E-state index in [-0.39, 0.29) is 22.8 Å². The molecule has 2 aliphatic heterocycles. The number of aromatic nitrogens is 1. The fraction of sp³-hybridized carbons (Fsp3) is 0.586. The van der Waals surface area contributed by atoms with Crippen LogP contribution in [0.25, 0.3) is 0 Å². The van der Waals surface area contributed by atoms with Gasteiger partial charge in [0.15, 0.2) is 0 Å². The first-order valence-corrected chi connectivity index (χ1v) is 12.8. The van der Waals surface area contributed by atoms with Gasteiger partial charge in [-0.15, -0.1) is 0 Å². The van der Waals surface area contributed by atoms with Gasteiger partial charge in [0.05, 0.1) is 22.8 Å². The molecule has 0 radical (unpaired) electrons. The molecule has 2 atom stereocenters. The summed E-state index contributed by atoms with van der Waals surface area (Å²) in [5.74, 6) is 0.394. The monoisotopic (exact) mass is 498 g/mol. The number of alkyl halides is 3. The van der Waals surface area contributed by atoms with Gasteiger partial charge in [-0.3, -0.25) is 4.98 Å². The van der Waals surface area contributed by atoms with E-state index >= 15 is 0 Å². The van der Waals surface area contributed by atoms with Crippen LogP contribution in [0.2, 0.25) is 0 Å². The average Bonchev–Trinajstić information content (AvgIpc) is 3.11. The maximum absolute atomic E-state index is 13.5. The van der Waals surface area contributed by atoms with Crippen LogP contribution in [0.3, 0.4) is 0 Å². The topological polar surface area (TPSA) is 55.1 Å². The molecular weight excluding hydrogens is 465 g/mol. The molecule has 0 unspecified atom stereocenters. The molecule has 0 saturated carbocycles.